The molecule has 4 heteroatoms. The standard InChI is InChI=1S/C19H25NO3/c1-18(2)15-8-9-19(18,3)12-20(11-15)16(21)13-6-5-7-14(10-13)17(22)23-4/h5-7,10,15H,8-9,11-12H2,1-4H3/t15-,19+/m1/s1. The molecule has 4 nitrogen and oxygen atoms in total. The van der Waals surface area contributed by atoms with Crippen molar-refractivity contribution in [1.82, 2.24) is 4.90 Å². The quantitative estimate of drug-likeness (QED) is 0.786. The van der Waals surface area contributed by atoms with Gasteiger partial charge in [-0.3, -0.25) is 4.79 Å². The van der Waals surface area contributed by atoms with E-state index in [4.69, 9.17) is 4.74 Å². The third-order valence-electron chi connectivity index (χ3n) is 6.42. The second-order valence-corrected chi connectivity index (χ2v) is 7.78. The maximum absolute atomic E-state index is 12.9. The summed E-state index contributed by atoms with van der Waals surface area (Å²) in [5, 5.41) is 0. The lowest BCUT2D eigenvalue weighted by molar-refractivity contribution is -0.0107. The van der Waals surface area contributed by atoms with E-state index in [9.17, 15) is 9.59 Å². The topological polar surface area (TPSA) is 46.6 Å². The predicted octanol–water partition coefficient (Wildman–Crippen LogP) is 3.37. The number of carbonyl (C=O) groups excluding carboxylic acids is 2. The van der Waals surface area contributed by atoms with Gasteiger partial charge in [-0.15, -0.1) is 0 Å². The summed E-state index contributed by atoms with van der Waals surface area (Å²) in [6, 6.07) is 6.83. The van der Waals surface area contributed by atoms with E-state index < -0.39 is 5.97 Å². The van der Waals surface area contributed by atoms with Gasteiger partial charge in [0.25, 0.3) is 5.91 Å². The van der Waals surface area contributed by atoms with E-state index >= 15 is 0 Å². The molecule has 3 rings (SSSR count). The van der Waals surface area contributed by atoms with Gasteiger partial charge in [-0.2, -0.15) is 0 Å². The summed E-state index contributed by atoms with van der Waals surface area (Å²) in [4.78, 5) is 26.5. The largest absolute Gasteiger partial charge is 0.465 e. The van der Waals surface area contributed by atoms with Gasteiger partial charge in [0.15, 0.2) is 0 Å². The number of rotatable bonds is 2. The Bertz CT molecular complexity index is 652. The van der Waals surface area contributed by atoms with Crippen LogP contribution in [0.5, 0.6) is 0 Å². The molecule has 2 fully saturated rings. The number of hydrogen-bond acceptors (Lipinski definition) is 3. The Morgan fingerprint density at radius 1 is 1.22 bits per heavy atom. The first-order chi connectivity index (χ1) is 10.8. The molecule has 0 spiro atoms. The third-order valence-corrected chi connectivity index (χ3v) is 6.42. The molecule has 1 heterocycles. The molecule has 124 valence electrons. The maximum atomic E-state index is 12.9. The Labute approximate surface area is 137 Å². The van der Waals surface area contributed by atoms with Crippen LogP contribution in [0.25, 0.3) is 0 Å². The van der Waals surface area contributed by atoms with E-state index in [-0.39, 0.29) is 16.7 Å². The molecule has 1 aromatic carbocycles. The molecule has 1 amide bonds. The Balaban J connectivity index is 1.84. The number of fused-ring (bicyclic) bond motifs is 2. The fraction of sp³-hybridized carbons (Fsp3) is 0.579. The number of carbonyl (C=O) groups is 2. The number of amides is 1. The van der Waals surface area contributed by atoms with Crippen LogP contribution in [0, 0.1) is 16.7 Å². The molecule has 23 heavy (non-hydrogen) atoms. The van der Waals surface area contributed by atoms with Gasteiger partial charge in [0, 0.05) is 18.7 Å². The molecule has 2 aliphatic rings. The zero-order valence-electron chi connectivity index (χ0n) is 14.4. The van der Waals surface area contributed by atoms with E-state index in [1.54, 1.807) is 24.3 Å². The van der Waals surface area contributed by atoms with Crippen molar-refractivity contribution >= 4 is 11.9 Å². The van der Waals surface area contributed by atoms with Crippen LogP contribution in [0.2, 0.25) is 0 Å². The van der Waals surface area contributed by atoms with Crippen molar-refractivity contribution in [2.24, 2.45) is 16.7 Å². The molecule has 0 aromatic heterocycles. The highest BCUT2D eigenvalue weighted by Gasteiger charge is 2.56. The highest BCUT2D eigenvalue weighted by Crippen LogP contribution is 2.59. The smallest absolute Gasteiger partial charge is 0.337 e. The van der Waals surface area contributed by atoms with Gasteiger partial charge in [-0.25, -0.2) is 4.79 Å². The highest BCUT2D eigenvalue weighted by molar-refractivity contribution is 5.98. The zero-order valence-corrected chi connectivity index (χ0v) is 14.4. The summed E-state index contributed by atoms with van der Waals surface area (Å²) in [6.07, 6.45) is 2.37. The van der Waals surface area contributed by atoms with Crippen molar-refractivity contribution in [2.45, 2.75) is 33.6 Å². The molecule has 1 aliphatic heterocycles. The van der Waals surface area contributed by atoms with Crippen LogP contribution in [-0.2, 0) is 4.74 Å². The SMILES string of the molecule is COC(=O)c1cccc(C(=O)N2C[C@H]3CC[C@@](C)(C2)C3(C)C)c1. The highest BCUT2D eigenvalue weighted by atomic mass is 16.5. The molecule has 2 atom stereocenters. The molecule has 0 N–H and O–H groups in total. The zero-order chi connectivity index (χ0) is 16.8. The van der Waals surface area contributed by atoms with Crippen molar-refractivity contribution < 1.29 is 14.3 Å². The van der Waals surface area contributed by atoms with Gasteiger partial charge in [-0.1, -0.05) is 26.8 Å². The van der Waals surface area contributed by atoms with Crippen molar-refractivity contribution in [3.63, 3.8) is 0 Å². The van der Waals surface area contributed by atoms with Crippen LogP contribution in [0.1, 0.15) is 54.3 Å². The van der Waals surface area contributed by atoms with Crippen molar-refractivity contribution in [3.8, 4) is 0 Å². The third kappa shape index (κ3) is 2.44. The first-order valence-corrected chi connectivity index (χ1v) is 8.26. The molecule has 1 aromatic rings. The monoisotopic (exact) mass is 315 g/mol. The van der Waals surface area contributed by atoms with Gasteiger partial charge in [-0.05, 0) is 47.8 Å². The molecule has 2 bridgehead atoms. The van der Waals surface area contributed by atoms with Gasteiger partial charge in [0.05, 0.1) is 12.7 Å². The Hall–Kier alpha value is -1.84. The molecule has 1 saturated heterocycles. The van der Waals surface area contributed by atoms with Crippen LogP contribution in [0.15, 0.2) is 24.3 Å². The summed E-state index contributed by atoms with van der Waals surface area (Å²) >= 11 is 0. The Morgan fingerprint density at radius 2 is 1.91 bits per heavy atom. The minimum absolute atomic E-state index is 0.0179. The average Bonchev–Trinajstić information content (AvgIpc) is 2.70. The fourth-order valence-corrected chi connectivity index (χ4v) is 4.26. The summed E-state index contributed by atoms with van der Waals surface area (Å²) in [5.41, 5.74) is 1.43. The van der Waals surface area contributed by atoms with Crippen LogP contribution in [0.4, 0.5) is 0 Å². The first kappa shape index (κ1) is 16.0. The summed E-state index contributed by atoms with van der Waals surface area (Å²) in [5.74, 6) is 0.157. The minimum atomic E-state index is -0.411. The van der Waals surface area contributed by atoms with E-state index in [0.29, 0.717) is 17.0 Å². The second-order valence-electron chi connectivity index (χ2n) is 7.78. The van der Waals surface area contributed by atoms with E-state index in [0.717, 1.165) is 13.1 Å². The van der Waals surface area contributed by atoms with Crippen LogP contribution in [0.3, 0.4) is 0 Å². The van der Waals surface area contributed by atoms with Gasteiger partial charge in [0.1, 0.15) is 0 Å². The lowest BCUT2D eigenvalue weighted by Gasteiger charge is -2.50. The minimum Gasteiger partial charge on any atom is -0.465 e. The first-order valence-electron chi connectivity index (χ1n) is 8.26. The molecule has 1 aliphatic carbocycles. The number of ether oxygens (including phenoxy) is 1. The fourth-order valence-electron chi connectivity index (χ4n) is 4.26. The number of hydrogen-bond donors (Lipinski definition) is 0. The molecule has 0 unspecified atom stereocenters. The van der Waals surface area contributed by atoms with Gasteiger partial charge < -0.3 is 9.64 Å². The lowest BCUT2D eigenvalue weighted by atomic mass is 9.63. The van der Waals surface area contributed by atoms with Gasteiger partial charge in [0.2, 0.25) is 0 Å². The average molecular weight is 315 g/mol. The summed E-state index contributed by atoms with van der Waals surface area (Å²) < 4.78 is 4.74. The predicted molar refractivity (Wildman–Crippen MR) is 88.3 cm³/mol. The molecule has 1 saturated carbocycles. The van der Waals surface area contributed by atoms with E-state index in [1.807, 2.05) is 4.90 Å². The summed E-state index contributed by atoms with van der Waals surface area (Å²) in [6.45, 7) is 8.58. The number of likely N-dealkylation sites (tertiary alicyclic amines) is 1. The van der Waals surface area contributed by atoms with E-state index in [2.05, 4.69) is 20.8 Å². The Kier molecular flexibility index (Phi) is 3.74. The second kappa shape index (κ2) is 5.36. The summed E-state index contributed by atoms with van der Waals surface area (Å²) in [7, 11) is 1.35. The molecule has 0 radical (unpaired) electrons. The van der Waals surface area contributed by atoms with Crippen LogP contribution < -0.4 is 0 Å². The van der Waals surface area contributed by atoms with Crippen molar-refractivity contribution in [3.05, 3.63) is 35.4 Å². The lowest BCUT2D eigenvalue weighted by Crippen LogP contribution is -2.53. The van der Waals surface area contributed by atoms with Gasteiger partial charge >= 0.3 is 5.97 Å². The number of piperidine rings is 1. The number of benzene rings is 1. The normalized spacial score (nSPS) is 28.5. The molecular weight excluding hydrogens is 290 g/mol. The number of nitrogens with zero attached hydrogens (tertiary/aromatic N) is 1. The van der Waals surface area contributed by atoms with Crippen LogP contribution in [-0.4, -0.2) is 37.0 Å². The van der Waals surface area contributed by atoms with E-state index in [1.165, 1.54) is 20.0 Å². The van der Waals surface area contributed by atoms with Crippen molar-refractivity contribution in [1.29, 1.82) is 0 Å². The molecular formula is C19H25NO3. The van der Waals surface area contributed by atoms with Crippen molar-refractivity contribution in [2.75, 3.05) is 20.2 Å². The number of esters is 1. The van der Waals surface area contributed by atoms with Crippen LogP contribution >= 0.6 is 0 Å². The Morgan fingerprint density at radius 3 is 2.57 bits per heavy atom. The number of methoxy groups -OCH3 is 1. The maximum Gasteiger partial charge on any atom is 0.337 e.